The van der Waals surface area contributed by atoms with Crippen LogP contribution in [0.2, 0.25) is 0 Å². The number of rotatable bonds is 7. The van der Waals surface area contributed by atoms with Crippen molar-refractivity contribution in [2.45, 2.75) is 38.7 Å². The van der Waals surface area contributed by atoms with Crippen molar-refractivity contribution >= 4 is 21.6 Å². The molecule has 2 N–H and O–H groups in total. The number of sulfonamides is 1. The number of carbonyl (C=O) groups excluding carboxylic acids is 1. The molecule has 0 atom stereocenters. The third-order valence-corrected chi connectivity index (χ3v) is 4.81. The number of amides is 1. The van der Waals surface area contributed by atoms with Crippen molar-refractivity contribution in [3.63, 3.8) is 0 Å². The SMILES string of the molecule is Cc1noc(C)c1S(=O)(=O)NCC(=O)Nc1ccc(OC(C)C)cc1. The minimum Gasteiger partial charge on any atom is -0.491 e. The Morgan fingerprint density at radius 2 is 1.88 bits per heavy atom. The lowest BCUT2D eigenvalue weighted by atomic mass is 10.3. The molecule has 2 rings (SSSR count). The highest BCUT2D eigenvalue weighted by molar-refractivity contribution is 7.89. The van der Waals surface area contributed by atoms with Gasteiger partial charge in [0.2, 0.25) is 15.9 Å². The number of hydrogen-bond acceptors (Lipinski definition) is 6. The predicted molar refractivity (Wildman–Crippen MR) is 92.0 cm³/mol. The van der Waals surface area contributed by atoms with Crippen LogP contribution in [0.3, 0.4) is 0 Å². The fourth-order valence-corrected chi connectivity index (χ4v) is 3.49. The Bertz CT molecular complexity index is 822. The topological polar surface area (TPSA) is 111 Å². The summed E-state index contributed by atoms with van der Waals surface area (Å²) >= 11 is 0. The van der Waals surface area contributed by atoms with Gasteiger partial charge in [-0.25, -0.2) is 13.1 Å². The first-order valence-corrected chi connectivity index (χ1v) is 9.16. The summed E-state index contributed by atoms with van der Waals surface area (Å²) in [6.45, 7) is 6.44. The molecule has 8 nitrogen and oxygen atoms in total. The third-order valence-electron chi connectivity index (χ3n) is 3.17. The molecule has 0 aliphatic rings. The maximum Gasteiger partial charge on any atom is 0.246 e. The van der Waals surface area contributed by atoms with Gasteiger partial charge in [-0.3, -0.25) is 4.79 Å². The summed E-state index contributed by atoms with van der Waals surface area (Å²) in [5.41, 5.74) is 0.781. The highest BCUT2D eigenvalue weighted by Crippen LogP contribution is 2.19. The first kappa shape index (κ1) is 18.9. The van der Waals surface area contributed by atoms with Gasteiger partial charge in [0.15, 0.2) is 5.76 Å². The smallest absolute Gasteiger partial charge is 0.246 e. The van der Waals surface area contributed by atoms with Crippen molar-refractivity contribution in [3.05, 3.63) is 35.7 Å². The van der Waals surface area contributed by atoms with Crippen molar-refractivity contribution in [1.29, 1.82) is 0 Å². The number of ether oxygens (including phenoxy) is 1. The van der Waals surface area contributed by atoms with Gasteiger partial charge in [-0.05, 0) is 52.0 Å². The minimum absolute atomic E-state index is 0.0458. The average Bonchev–Trinajstić information content (AvgIpc) is 2.86. The molecular formula is C16H21N3O5S. The van der Waals surface area contributed by atoms with E-state index in [1.807, 2.05) is 13.8 Å². The van der Waals surface area contributed by atoms with E-state index in [-0.39, 0.29) is 22.5 Å². The van der Waals surface area contributed by atoms with E-state index in [4.69, 9.17) is 9.26 Å². The van der Waals surface area contributed by atoms with Crippen LogP contribution in [0, 0.1) is 13.8 Å². The molecule has 0 bridgehead atoms. The van der Waals surface area contributed by atoms with Gasteiger partial charge in [-0.1, -0.05) is 5.16 Å². The molecule has 1 heterocycles. The second-order valence-corrected chi connectivity index (χ2v) is 7.42. The maximum absolute atomic E-state index is 12.2. The molecule has 1 aromatic carbocycles. The fourth-order valence-electron chi connectivity index (χ4n) is 2.19. The molecule has 2 aromatic rings. The Balaban J connectivity index is 1.94. The van der Waals surface area contributed by atoms with Crippen molar-refractivity contribution in [2.24, 2.45) is 0 Å². The van der Waals surface area contributed by atoms with Gasteiger partial charge >= 0.3 is 0 Å². The van der Waals surface area contributed by atoms with E-state index in [2.05, 4.69) is 15.2 Å². The summed E-state index contributed by atoms with van der Waals surface area (Å²) < 4.78 is 37.1. The number of nitrogens with one attached hydrogen (secondary N) is 2. The average molecular weight is 367 g/mol. The lowest BCUT2D eigenvalue weighted by Gasteiger charge is -2.11. The monoisotopic (exact) mass is 367 g/mol. The van der Waals surface area contributed by atoms with Crippen LogP contribution in [0.15, 0.2) is 33.7 Å². The summed E-state index contributed by atoms with van der Waals surface area (Å²) in [7, 11) is -3.87. The first-order valence-electron chi connectivity index (χ1n) is 7.68. The van der Waals surface area contributed by atoms with Crippen LogP contribution in [0.4, 0.5) is 5.69 Å². The number of hydrogen-bond donors (Lipinski definition) is 2. The molecule has 136 valence electrons. The lowest BCUT2D eigenvalue weighted by Crippen LogP contribution is -2.33. The molecule has 0 aliphatic heterocycles. The molecular weight excluding hydrogens is 346 g/mol. The highest BCUT2D eigenvalue weighted by atomic mass is 32.2. The van der Waals surface area contributed by atoms with Crippen molar-refractivity contribution < 1.29 is 22.5 Å². The summed E-state index contributed by atoms with van der Waals surface area (Å²) in [5, 5.41) is 6.21. The molecule has 1 aromatic heterocycles. The number of aromatic nitrogens is 1. The van der Waals surface area contributed by atoms with E-state index in [1.165, 1.54) is 13.8 Å². The Hall–Kier alpha value is -2.39. The Morgan fingerprint density at radius 1 is 1.24 bits per heavy atom. The maximum atomic E-state index is 12.2. The number of benzene rings is 1. The molecule has 25 heavy (non-hydrogen) atoms. The van der Waals surface area contributed by atoms with E-state index in [0.29, 0.717) is 11.4 Å². The van der Waals surface area contributed by atoms with Crippen LogP contribution in [-0.2, 0) is 14.8 Å². The van der Waals surface area contributed by atoms with Gasteiger partial charge in [0.05, 0.1) is 12.6 Å². The zero-order valence-electron chi connectivity index (χ0n) is 14.5. The number of nitrogens with zero attached hydrogens (tertiary/aromatic N) is 1. The fraction of sp³-hybridized carbons (Fsp3) is 0.375. The van der Waals surface area contributed by atoms with E-state index in [9.17, 15) is 13.2 Å². The van der Waals surface area contributed by atoms with Crippen molar-refractivity contribution in [3.8, 4) is 5.75 Å². The van der Waals surface area contributed by atoms with E-state index >= 15 is 0 Å². The zero-order chi connectivity index (χ0) is 18.6. The molecule has 0 saturated heterocycles. The molecule has 0 aliphatic carbocycles. The Morgan fingerprint density at radius 3 is 2.40 bits per heavy atom. The molecule has 9 heteroatoms. The highest BCUT2D eigenvalue weighted by Gasteiger charge is 2.24. The van der Waals surface area contributed by atoms with Crippen LogP contribution in [0.5, 0.6) is 5.75 Å². The number of anilines is 1. The Kier molecular flexibility index (Phi) is 5.81. The first-order chi connectivity index (χ1) is 11.7. The van der Waals surface area contributed by atoms with Gasteiger partial charge in [0, 0.05) is 5.69 Å². The second-order valence-electron chi connectivity index (χ2n) is 5.72. The summed E-state index contributed by atoms with van der Waals surface area (Å²) in [6, 6.07) is 6.81. The molecule has 1 amide bonds. The summed E-state index contributed by atoms with van der Waals surface area (Å²) in [6.07, 6.45) is 0.0548. The Labute approximate surface area is 146 Å². The van der Waals surface area contributed by atoms with Crippen LogP contribution in [0.25, 0.3) is 0 Å². The van der Waals surface area contributed by atoms with Crippen molar-refractivity contribution in [2.75, 3.05) is 11.9 Å². The van der Waals surface area contributed by atoms with Crippen LogP contribution in [0.1, 0.15) is 25.3 Å². The standard InChI is InChI=1S/C16H21N3O5S/c1-10(2)23-14-7-5-13(6-8-14)18-15(20)9-17-25(21,22)16-11(3)19-24-12(16)4/h5-8,10,17H,9H2,1-4H3,(H,18,20). The quantitative estimate of drug-likeness (QED) is 0.774. The van der Waals surface area contributed by atoms with Gasteiger partial charge in [0.25, 0.3) is 0 Å². The van der Waals surface area contributed by atoms with Crippen LogP contribution < -0.4 is 14.8 Å². The summed E-state index contributed by atoms with van der Waals surface area (Å²) in [4.78, 5) is 11.9. The molecule has 0 saturated carbocycles. The minimum atomic E-state index is -3.87. The third kappa shape index (κ3) is 5.04. The van der Waals surface area contributed by atoms with E-state index in [1.54, 1.807) is 24.3 Å². The van der Waals surface area contributed by atoms with Crippen LogP contribution >= 0.6 is 0 Å². The van der Waals surface area contributed by atoms with E-state index < -0.39 is 22.5 Å². The van der Waals surface area contributed by atoms with Gasteiger partial charge < -0.3 is 14.6 Å². The molecule has 0 unspecified atom stereocenters. The number of carbonyl (C=O) groups is 1. The molecule has 0 spiro atoms. The van der Waals surface area contributed by atoms with Gasteiger partial charge in [-0.2, -0.15) is 0 Å². The van der Waals surface area contributed by atoms with Crippen molar-refractivity contribution in [1.82, 2.24) is 9.88 Å². The second kappa shape index (κ2) is 7.66. The molecule has 0 fully saturated rings. The normalized spacial score (nSPS) is 11.6. The van der Waals surface area contributed by atoms with Crippen LogP contribution in [-0.4, -0.2) is 32.1 Å². The van der Waals surface area contributed by atoms with Gasteiger partial charge in [0.1, 0.15) is 16.3 Å². The largest absolute Gasteiger partial charge is 0.491 e. The van der Waals surface area contributed by atoms with E-state index in [0.717, 1.165) is 0 Å². The van der Waals surface area contributed by atoms with Gasteiger partial charge in [-0.15, -0.1) is 0 Å². The summed E-state index contributed by atoms with van der Waals surface area (Å²) in [5.74, 6) is 0.367. The predicted octanol–water partition coefficient (Wildman–Crippen LogP) is 2.00. The zero-order valence-corrected chi connectivity index (χ0v) is 15.3. The number of aryl methyl sites for hydroxylation is 2. The molecule has 0 radical (unpaired) electrons. The lowest BCUT2D eigenvalue weighted by molar-refractivity contribution is -0.115.